The highest BCUT2D eigenvalue weighted by molar-refractivity contribution is 5.81. The van der Waals surface area contributed by atoms with Crippen molar-refractivity contribution in [2.45, 2.75) is 38.7 Å². The minimum Gasteiger partial charge on any atom is -0.481 e. The van der Waals surface area contributed by atoms with E-state index in [0.29, 0.717) is 30.8 Å². The average Bonchev–Trinajstić information content (AvgIpc) is 2.60. The molecule has 1 heterocycles. The van der Waals surface area contributed by atoms with E-state index in [2.05, 4.69) is 0 Å². The van der Waals surface area contributed by atoms with Gasteiger partial charge in [0.1, 0.15) is 11.8 Å². The summed E-state index contributed by atoms with van der Waals surface area (Å²) in [6.45, 7) is 2.91. The maximum Gasteiger partial charge on any atom is 0.303 e. The lowest BCUT2D eigenvalue weighted by atomic mass is 9.93. The third kappa shape index (κ3) is 4.72. The van der Waals surface area contributed by atoms with Crippen molar-refractivity contribution in [3.8, 4) is 11.8 Å². The van der Waals surface area contributed by atoms with E-state index < -0.39 is 12.1 Å². The molecule has 0 unspecified atom stereocenters. The Kier molecular flexibility index (Phi) is 6.19. The summed E-state index contributed by atoms with van der Waals surface area (Å²) in [6, 6.07) is 8.88. The third-order valence-corrected chi connectivity index (χ3v) is 4.26. The van der Waals surface area contributed by atoms with Crippen molar-refractivity contribution in [1.82, 2.24) is 4.90 Å². The Labute approximate surface area is 141 Å². The van der Waals surface area contributed by atoms with Crippen molar-refractivity contribution in [2.75, 3.05) is 13.1 Å². The molecule has 1 saturated heterocycles. The van der Waals surface area contributed by atoms with Gasteiger partial charge < -0.3 is 14.7 Å². The van der Waals surface area contributed by atoms with Crippen LogP contribution in [0.3, 0.4) is 0 Å². The van der Waals surface area contributed by atoms with Crippen LogP contribution in [0.5, 0.6) is 5.75 Å². The van der Waals surface area contributed by atoms with Gasteiger partial charge >= 0.3 is 5.97 Å². The molecular formula is C18H22N2O4. The molecule has 0 radical (unpaired) electrons. The first-order chi connectivity index (χ1) is 11.5. The first-order valence-corrected chi connectivity index (χ1v) is 8.17. The van der Waals surface area contributed by atoms with Gasteiger partial charge in [0, 0.05) is 19.5 Å². The van der Waals surface area contributed by atoms with E-state index in [1.165, 1.54) is 0 Å². The molecule has 1 fully saturated rings. The minimum absolute atomic E-state index is 0.122. The van der Waals surface area contributed by atoms with Gasteiger partial charge in [-0.15, -0.1) is 0 Å². The lowest BCUT2D eigenvalue weighted by molar-refractivity contribution is -0.140. The molecule has 0 aromatic heterocycles. The SMILES string of the molecule is C[C@H](Oc1ccccc1C#N)C(=O)N1CCC[C@@H](CCC(=O)O)C1. The number of likely N-dealkylation sites (tertiary alicyclic amines) is 1. The van der Waals surface area contributed by atoms with Crippen LogP contribution in [0.1, 0.15) is 38.2 Å². The molecule has 128 valence electrons. The molecule has 1 N–H and O–H groups in total. The van der Waals surface area contributed by atoms with Crippen LogP contribution in [0.25, 0.3) is 0 Å². The van der Waals surface area contributed by atoms with Crippen LogP contribution < -0.4 is 4.74 Å². The highest BCUT2D eigenvalue weighted by Crippen LogP contribution is 2.23. The largest absolute Gasteiger partial charge is 0.481 e. The number of carbonyl (C=O) groups excluding carboxylic acids is 1. The fraction of sp³-hybridized carbons (Fsp3) is 0.500. The predicted octanol–water partition coefficient (Wildman–Crippen LogP) is 2.43. The van der Waals surface area contributed by atoms with Crippen molar-refractivity contribution in [2.24, 2.45) is 5.92 Å². The molecule has 2 atom stereocenters. The number of rotatable bonds is 6. The molecule has 1 aliphatic rings. The summed E-state index contributed by atoms with van der Waals surface area (Å²) in [5.74, 6) is -0.302. The van der Waals surface area contributed by atoms with Crippen LogP contribution in [0.2, 0.25) is 0 Å². The van der Waals surface area contributed by atoms with Gasteiger partial charge in [-0.1, -0.05) is 12.1 Å². The maximum absolute atomic E-state index is 12.6. The summed E-state index contributed by atoms with van der Waals surface area (Å²) in [4.78, 5) is 25.0. The van der Waals surface area contributed by atoms with E-state index in [9.17, 15) is 9.59 Å². The number of carboxylic acid groups (broad SMARTS) is 1. The van der Waals surface area contributed by atoms with E-state index >= 15 is 0 Å². The van der Waals surface area contributed by atoms with Crippen molar-refractivity contribution in [3.63, 3.8) is 0 Å². The van der Waals surface area contributed by atoms with E-state index in [1.54, 1.807) is 36.1 Å². The highest BCUT2D eigenvalue weighted by atomic mass is 16.5. The Bertz CT molecular complexity index is 638. The van der Waals surface area contributed by atoms with Gasteiger partial charge in [0.2, 0.25) is 0 Å². The molecule has 24 heavy (non-hydrogen) atoms. The van der Waals surface area contributed by atoms with Gasteiger partial charge in [0.15, 0.2) is 6.10 Å². The van der Waals surface area contributed by atoms with Crippen LogP contribution in [0, 0.1) is 17.2 Å². The standard InChI is InChI=1S/C18H22N2O4/c1-13(24-16-7-3-2-6-15(16)11-19)18(23)20-10-4-5-14(12-20)8-9-17(21)22/h2-3,6-7,13-14H,4-5,8-10,12H2,1H3,(H,21,22)/t13-,14-/m0/s1. The minimum atomic E-state index is -0.803. The second-order valence-corrected chi connectivity index (χ2v) is 6.09. The Balaban J connectivity index is 1.94. The number of carbonyl (C=O) groups is 2. The summed E-state index contributed by atoms with van der Waals surface area (Å²) < 4.78 is 5.68. The van der Waals surface area contributed by atoms with Crippen molar-refractivity contribution < 1.29 is 19.4 Å². The molecular weight excluding hydrogens is 308 g/mol. The van der Waals surface area contributed by atoms with Gasteiger partial charge in [0.25, 0.3) is 5.91 Å². The monoisotopic (exact) mass is 330 g/mol. The van der Waals surface area contributed by atoms with Gasteiger partial charge in [-0.3, -0.25) is 9.59 Å². The number of aliphatic carboxylic acids is 1. The zero-order valence-electron chi connectivity index (χ0n) is 13.8. The van der Waals surface area contributed by atoms with Gasteiger partial charge in [0.05, 0.1) is 5.56 Å². The summed E-state index contributed by atoms with van der Waals surface area (Å²) in [6.07, 6.45) is 1.86. The lowest BCUT2D eigenvalue weighted by Crippen LogP contribution is -2.45. The molecule has 1 aliphatic heterocycles. The number of nitrogens with zero attached hydrogens (tertiary/aromatic N) is 2. The zero-order valence-corrected chi connectivity index (χ0v) is 13.8. The summed E-state index contributed by atoms with van der Waals surface area (Å²) >= 11 is 0. The van der Waals surface area contributed by atoms with E-state index in [4.69, 9.17) is 15.1 Å². The Hall–Kier alpha value is -2.55. The first-order valence-electron chi connectivity index (χ1n) is 8.17. The number of hydrogen-bond donors (Lipinski definition) is 1. The number of carboxylic acids is 1. The molecule has 1 amide bonds. The van der Waals surface area contributed by atoms with Crippen LogP contribution in [0.15, 0.2) is 24.3 Å². The van der Waals surface area contributed by atoms with Gasteiger partial charge in [-0.05, 0) is 44.2 Å². The van der Waals surface area contributed by atoms with Crippen LogP contribution >= 0.6 is 0 Å². The maximum atomic E-state index is 12.6. The fourth-order valence-electron chi connectivity index (χ4n) is 2.99. The van der Waals surface area contributed by atoms with Gasteiger partial charge in [-0.25, -0.2) is 0 Å². The van der Waals surface area contributed by atoms with Crippen LogP contribution in [0.4, 0.5) is 0 Å². The topological polar surface area (TPSA) is 90.6 Å². The predicted molar refractivity (Wildman–Crippen MR) is 87.4 cm³/mol. The lowest BCUT2D eigenvalue weighted by Gasteiger charge is -2.34. The molecule has 0 bridgehead atoms. The highest BCUT2D eigenvalue weighted by Gasteiger charge is 2.28. The number of hydrogen-bond acceptors (Lipinski definition) is 4. The van der Waals surface area contributed by atoms with Crippen molar-refractivity contribution >= 4 is 11.9 Å². The Morgan fingerprint density at radius 1 is 1.46 bits per heavy atom. The number of para-hydroxylation sites is 1. The molecule has 6 nitrogen and oxygen atoms in total. The molecule has 2 rings (SSSR count). The van der Waals surface area contributed by atoms with Crippen LogP contribution in [-0.4, -0.2) is 41.1 Å². The van der Waals surface area contributed by atoms with Gasteiger partial charge in [-0.2, -0.15) is 5.26 Å². The second kappa shape index (κ2) is 8.34. The summed E-state index contributed by atoms with van der Waals surface area (Å²) in [5, 5.41) is 17.9. The molecule has 0 spiro atoms. The molecule has 6 heteroatoms. The third-order valence-electron chi connectivity index (χ3n) is 4.26. The number of benzene rings is 1. The fourth-order valence-corrected chi connectivity index (χ4v) is 2.99. The Morgan fingerprint density at radius 2 is 2.21 bits per heavy atom. The van der Waals surface area contributed by atoms with Crippen molar-refractivity contribution in [1.29, 1.82) is 5.26 Å². The smallest absolute Gasteiger partial charge is 0.303 e. The van der Waals surface area contributed by atoms with Crippen molar-refractivity contribution in [3.05, 3.63) is 29.8 Å². The average molecular weight is 330 g/mol. The number of nitriles is 1. The normalized spacial score (nSPS) is 18.5. The molecule has 0 aliphatic carbocycles. The quantitative estimate of drug-likeness (QED) is 0.865. The zero-order chi connectivity index (χ0) is 17.5. The second-order valence-electron chi connectivity index (χ2n) is 6.09. The van der Waals surface area contributed by atoms with E-state index in [1.807, 2.05) is 6.07 Å². The molecule has 1 aromatic carbocycles. The van der Waals surface area contributed by atoms with E-state index in [0.717, 1.165) is 12.8 Å². The first kappa shape index (κ1) is 17.8. The van der Waals surface area contributed by atoms with Crippen LogP contribution in [-0.2, 0) is 9.59 Å². The Morgan fingerprint density at radius 3 is 2.92 bits per heavy atom. The van der Waals surface area contributed by atoms with E-state index in [-0.39, 0.29) is 18.2 Å². The summed E-state index contributed by atoms with van der Waals surface area (Å²) in [7, 11) is 0. The molecule has 1 aromatic rings. The number of ether oxygens (including phenoxy) is 1. The number of piperidine rings is 1. The summed E-state index contributed by atoms with van der Waals surface area (Å²) in [5.41, 5.74) is 0.398. The molecule has 0 saturated carbocycles. The number of amides is 1.